The van der Waals surface area contributed by atoms with Crippen LogP contribution in [0.25, 0.3) is 5.65 Å². The molecule has 8 heteroatoms. The Bertz CT molecular complexity index is 1020. The van der Waals surface area contributed by atoms with Crippen LogP contribution in [-0.4, -0.2) is 56.2 Å². The van der Waals surface area contributed by atoms with E-state index < -0.39 is 6.10 Å². The first kappa shape index (κ1) is 18.5. The van der Waals surface area contributed by atoms with Crippen LogP contribution < -0.4 is 5.32 Å². The largest absolute Gasteiger partial charge is 0.390 e. The Kier molecular flexibility index (Phi) is 5.06. The minimum Gasteiger partial charge on any atom is -0.390 e. The van der Waals surface area contributed by atoms with Gasteiger partial charge in [0.1, 0.15) is 11.5 Å². The van der Waals surface area contributed by atoms with Crippen molar-refractivity contribution in [1.29, 1.82) is 0 Å². The number of halogens is 1. The number of aliphatic hydroxyl groups excluding tert-OH is 1. The van der Waals surface area contributed by atoms with Crippen molar-refractivity contribution in [2.75, 3.05) is 19.6 Å². The highest BCUT2D eigenvalue weighted by Crippen LogP contribution is 2.20. The van der Waals surface area contributed by atoms with Gasteiger partial charge in [0.2, 0.25) is 0 Å². The van der Waals surface area contributed by atoms with Crippen molar-refractivity contribution in [3.8, 4) is 0 Å². The minimum atomic E-state index is -0.705. The number of benzene rings is 1. The molecule has 1 atom stereocenters. The van der Waals surface area contributed by atoms with Gasteiger partial charge in [-0.05, 0) is 48.7 Å². The molecule has 0 fully saturated rings. The van der Waals surface area contributed by atoms with E-state index in [9.17, 15) is 14.3 Å². The molecule has 0 bridgehead atoms. The number of β-amino-alcohol motifs (C(OH)–C–C–N with tert-alkyl or cyclic N) is 1. The van der Waals surface area contributed by atoms with E-state index in [2.05, 4.69) is 20.3 Å². The maximum absolute atomic E-state index is 13.3. The Hall–Kier alpha value is -2.84. The Morgan fingerprint density at radius 1 is 1.32 bits per heavy atom. The summed E-state index contributed by atoms with van der Waals surface area (Å²) in [7, 11) is 0. The molecule has 0 spiro atoms. The number of aliphatic hydroxyl groups is 1. The molecule has 3 aromatic rings. The van der Waals surface area contributed by atoms with Crippen LogP contribution in [0.2, 0.25) is 0 Å². The van der Waals surface area contributed by atoms with E-state index in [-0.39, 0.29) is 24.0 Å². The highest BCUT2D eigenvalue weighted by Gasteiger charge is 2.20. The van der Waals surface area contributed by atoms with E-state index in [1.807, 2.05) is 13.0 Å². The quantitative estimate of drug-likeness (QED) is 0.695. The Balaban J connectivity index is 1.31. The average Bonchev–Trinajstić information content (AvgIpc) is 3.09. The SMILES string of the molecule is Cc1ccc2nc(C(=O)NC[C@H](O)CN3CCc4cc(F)ccc4C3)cn2n1. The predicted molar refractivity (Wildman–Crippen MR) is 101 cm³/mol. The minimum absolute atomic E-state index is 0.131. The molecule has 0 unspecified atom stereocenters. The number of fused-ring (bicyclic) bond motifs is 2. The third kappa shape index (κ3) is 4.02. The molecule has 2 aromatic heterocycles. The van der Waals surface area contributed by atoms with Crippen LogP contribution in [0.4, 0.5) is 4.39 Å². The molecule has 2 N–H and O–H groups in total. The first-order valence-corrected chi connectivity index (χ1v) is 9.27. The predicted octanol–water partition coefficient (Wildman–Crippen LogP) is 1.33. The van der Waals surface area contributed by atoms with Gasteiger partial charge in [-0.15, -0.1) is 0 Å². The number of rotatable bonds is 5. The zero-order chi connectivity index (χ0) is 19.7. The molecule has 28 heavy (non-hydrogen) atoms. The molecule has 7 nitrogen and oxygen atoms in total. The number of imidazole rings is 1. The first-order chi connectivity index (χ1) is 13.5. The Morgan fingerprint density at radius 2 is 2.18 bits per heavy atom. The van der Waals surface area contributed by atoms with Crippen molar-refractivity contribution in [3.05, 3.63) is 64.9 Å². The summed E-state index contributed by atoms with van der Waals surface area (Å²) >= 11 is 0. The molecule has 0 radical (unpaired) electrons. The summed E-state index contributed by atoms with van der Waals surface area (Å²) in [5.41, 5.74) is 3.79. The molecule has 0 saturated heterocycles. The fraction of sp³-hybridized carbons (Fsp3) is 0.350. The monoisotopic (exact) mass is 383 g/mol. The average molecular weight is 383 g/mol. The number of aryl methyl sites for hydroxylation is 1. The summed E-state index contributed by atoms with van der Waals surface area (Å²) in [6.45, 7) is 3.84. The molecule has 3 heterocycles. The van der Waals surface area contributed by atoms with Gasteiger partial charge in [0.25, 0.3) is 5.91 Å². The van der Waals surface area contributed by atoms with Gasteiger partial charge in [-0.1, -0.05) is 6.07 Å². The van der Waals surface area contributed by atoms with E-state index in [1.165, 1.54) is 6.07 Å². The van der Waals surface area contributed by atoms with Crippen LogP contribution in [-0.2, 0) is 13.0 Å². The van der Waals surface area contributed by atoms with Crippen molar-refractivity contribution in [2.24, 2.45) is 0 Å². The molecule has 0 saturated carbocycles. The van der Waals surface area contributed by atoms with Gasteiger partial charge in [-0.3, -0.25) is 9.69 Å². The Morgan fingerprint density at radius 3 is 3.04 bits per heavy atom. The first-order valence-electron chi connectivity index (χ1n) is 9.27. The number of nitrogens with zero attached hydrogens (tertiary/aromatic N) is 4. The van der Waals surface area contributed by atoms with Crippen LogP contribution in [0, 0.1) is 12.7 Å². The number of hydrogen-bond donors (Lipinski definition) is 2. The van der Waals surface area contributed by atoms with Crippen LogP contribution in [0.15, 0.2) is 36.5 Å². The summed E-state index contributed by atoms with van der Waals surface area (Å²) < 4.78 is 14.9. The van der Waals surface area contributed by atoms with Gasteiger partial charge >= 0.3 is 0 Å². The van der Waals surface area contributed by atoms with Gasteiger partial charge in [0, 0.05) is 26.2 Å². The van der Waals surface area contributed by atoms with Crippen LogP contribution in [0.3, 0.4) is 0 Å². The zero-order valence-electron chi connectivity index (χ0n) is 15.6. The van der Waals surface area contributed by atoms with E-state index in [0.29, 0.717) is 18.7 Å². The lowest BCUT2D eigenvalue weighted by molar-refractivity contribution is 0.0838. The molecular weight excluding hydrogens is 361 g/mol. The standard InChI is InChI=1S/C20H22FN5O2/c1-13-2-5-19-23-18(12-26(19)24-13)20(28)22-9-17(27)11-25-7-6-14-8-16(21)4-3-15(14)10-25/h2-5,8,12,17,27H,6-7,9-11H2,1H3,(H,22,28)/t17-/m0/s1. The second-order valence-corrected chi connectivity index (χ2v) is 7.17. The number of carbonyl (C=O) groups excluding carboxylic acids is 1. The molecule has 1 aliphatic rings. The van der Waals surface area contributed by atoms with Crippen LogP contribution in [0.1, 0.15) is 27.3 Å². The van der Waals surface area contributed by atoms with Crippen molar-refractivity contribution in [1.82, 2.24) is 24.8 Å². The molecule has 1 amide bonds. The third-order valence-corrected chi connectivity index (χ3v) is 4.91. The van der Waals surface area contributed by atoms with E-state index in [1.54, 1.807) is 28.9 Å². The van der Waals surface area contributed by atoms with Gasteiger partial charge in [-0.2, -0.15) is 5.10 Å². The summed E-state index contributed by atoms with van der Waals surface area (Å²) in [4.78, 5) is 18.7. The lowest BCUT2D eigenvalue weighted by Crippen LogP contribution is -2.42. The highest BCUT2D eigenvalue weighted by atomic mass is 19.1. The lowest BCUT2D eigenvalue weighted by atomic mass is 9.99. The smallest absolute Gasteiger partial charge is 0.271 e. The van der Waals surface area contributed by atoms with E-state index in [4.69, 9.17) is 0 Å². The van der Waals surface area contributed by atoms with E-state index in [0.717, 1.165) is 29.8 Å². The lowest BCUT2D eigenvalue weighted by Gasteiger charge is -2.30. The van der Waals surface area contributed by atoms with Gasteiger partial charge in [0.05, 0.1) is 18.0 Å². The highest BCUT2D eigenvalue weighted by molar-refractivity contribution is 5.92. The maximum Gasteiger partial charge on any atom is 0.271 e. The summed E-state index contributed by atoms with van der Waals surface area (Å²) in [5, 5.41) is 17.3. The van der Waals surface area contributed by atoms with Crippen molar-refractivity contribution in [3.63, 3.8) is 0 Å². The summed E-state index contributed by atoms with van der Waals surface area (Å²) in [6.07, 6.45) is 1.62. The second-order valence-electron chi connectivity index (χ2n) is 7.17. The molecule has 4 rings (SSSR count). The number of aromatic nitrogens is 3. The fourth-order valence-corrected chi connectivity index (χ4v) is 3.49. The van der Waals surface area contributed by atoms with Crippen LogP contribution in [0.5, 0.6) is 0 Å². The van der Waals surface area contributed by atoms with Crippen molar-refractivity contribution >= 4 is 11.6 Å². The topological polar surface area (TPSA) is 82.8 Å². The fourth-order valence-electron chi connectivity index (χ4n) is 3.49. The number of nitrogens with one attached hydrogen (secondary N) is 1. The van der Waals surface area contributed by atoms with Gasteiger partial charge in [0.15, 0.2) is 5.65 Å². The molecular formula is C20H22FN5O2. The van der Waals surface area contributed by atoms with Crippen molar-refractivity contribution < 1.29 is 14.3 Å². The number of carbonyl (C=O) groups is 1. The Labute approximate surface area is 161 Å². The number of hydrogen-bond acceptors (Lipinski definition) is 5. The normalized spacial score (nSPS) is 15.4. The molecule has 0 aliphatic carbocycles. The summed E-state index contributed by atoms with van der Waals surface area (Å²) in [6, 6.07) is 8.47. The second kappa shape index (κ2) is 7.65. The van der Waals surface area contributed by atoms with E-state index >= 15 is 0 Å². The van der Waals surface area contributed by atoms with Gasteiger partial charge < -0.3 is 10.4 Å². The van der Waals surface area contributed by atoms with Crippen molar-refractivity contribution in [2.45, 2.75) is 26.0 Å². The molecule has 1 aromatic carbocycles. The number of amides is 1. The van der Waals surface area contributed by atoms with Crippen LogP contribution >= 0.6 is 0 Å². The molecule has 1 aliphatic heterocycles. The zero-order valence-corrected chi connectivity index (χ0v) is 15.6. The third-order valence-electron chi connectivity index (χ3n) is 4.91. The van der Waals surface area contributed by atoms with Gasteiger partial charge in [-0.25, -0.2) is 13.9 Å². The molecule has 146 valence electrons. The maximum atomic E-state index is 13.3. The summed E-state index contributed by atoms with van der Waals surface area (Å²) in [5.74, 6) is -0.561.